The monoisotopic (exact) mass is 184 g/mol. The van der Waals surface area contributed by atoms with Crippen molar-refractivity contribution in [3.63, 3.8) is 0 Å². The molecule has 0 amide bonds. The van der Waals surface area contributed by atoms with E-state index in [1.807, 2.05) is 17.5 Å². The molecule has 12 heavy (non-hydrogen) atoms. The Morgan fingerprint density at radius 1 is 1.67 bits per heavy atom. The van der Waals surface area contributed by atoms with Gasteiger partial charge in [0.15, 0.2) is 0 Å². The molecule has 0 aliphatic carbocycles. The SMILES string of the molecule is NCCC/C(=N\O)c1cccs1. The summed E-state index contributed by atoms with van der Waals surface area (Å²) < 4.78 is 0. The summed E-state index contributed by atoms with van der Waals surface area (Å²) >= 11 is 1.57. The first-order chi connectivity index (χ1) is 5.88. The number of nitrogens with zero attached hydrogens (tertiary/aromatic N) is 1. The van der Waals surface area contributed by atoms with E-state index < -0.39 is 0 Å². The molecule has 0 unspecified atom stereocenters. The summed E-state index contributed by atoms with van der Waals surface area (Å²) in [7, 11) is 0. The van der Waals surface area contributed by atoms with Gasteiger partial charge in [-0.2, -0.15) is 0 Å². The Morgan fingerprint density at radius 3 is 3.00 bits per heavy atom. The molecule has 1 rings (SSSR count). The summed E-state index contributed by atoms with van der Waals surface area (Å²) in [5.74, 6) is 0. The van der Waals surface area contributed by atoms with Crippen LogP contribution in [0.25, 0.3) is 0 Å². The average Bonchev–Trinajstić information content (AvgIpc) is 2.59. The lowest BCUT2D eigenvalue weighted by molar-refractivity contribution is 0.318. The normalized spacial score (nSPS) is 11.9. The molecule has 0 radical (unpaired) electrons. The summed E-state index contributed by atoms with van der Waals surface area (Å²) in [6.07, 6.45) is 1.60. The van der Waals surface area contributed by atoms with Crippen LogP contribution in [-0.2, 0) is 0 Å². The molecule has 4 heteroatoms. The van der Waals surface area contributed by atoms with Gasteiger partial charge in [0.05, 0.1) is 10.6 Å². The van der Waals surface area contributed by atoms with Crippen LogP contribution in [0.2, 0.25) is 0 Å². The van der Waals surface area contributed by atoms with Crippen LogP contribution < -0.4 is 5.73 Å². The molecular formula is C8H12N2OS. The molecule has 0 atom stereocenters. The zero-order valence-electron chi connectivity index (χ0n) is 6.73. The maximum atomic E-state index is 8.68. The molecule has 0 saturated carbocycles. The molecule has 0 aromatic carbocycles. The molecule has 66 valence electrons. The Bertz CT molecular complexity index is 244. The fraction of sp³-hybridized carbons (Fsp3) is 0.375. The summed E-state index contributed by atoms with van der Waals surface area (Å²) in [5, 5.41) is 13.9. The van der Waals surface area contributed by atoms with Gasteiger partial charge in [0.2, 0.25) is 0 Å². The van der Waals surface area contributed by atoms with E-state index in [2.05, 4.69) is 5.16 Å². The van der Waals surface area contributed by atoms with Crippen LogP contribution in [0.1, 0.15) is 17.7 Å². The highest BCUT2D eigenvalue weighted by Gasteiger charge is 2.03. The number of rotatable bonds is 4. The number of thiophene rings is 1. The van der Waals surface area contributed by atoms with Gasteiger partial charge in [-0.1, -0.05) is 11.2 Å². The molecule has 0 aliphatic heterocycles. The molecule has 1 aromatic heterocycles. The van der Waals surface area contributed by atoms with Crippen molar-refractivity contribution in [2.45, 2.75) is 12.8 Å². The summed E-state index contributed by atoms with van der Waals surface area (Å²) in [6, 6.07) is 3.88. The molecule has 1 aromatic rings. The van der Waals surface area contributed by atoms with Crippen molar-refractivity contribution < 1.29 is 5.21 Å². The van der Waals surface area contributed by atoms with E-state index >= 15 is 0 Å². The van der Waals surface area contributed by atoms with Crippen LogP contribution in [0.15, 0.2) is 22.7 Å². The molecule has 3 nitrogen and oxygen atoms in total. The van der Waals surface area contributed by atoms with E-state index in [1.54, 1.807) is 11.3 Å². The van der Waals surface area contributed by atoms with Gasteiger partial charge in [-0.3, -0.25) is 0 Å². The van der Waals surface area contributed by atoms with Crippen molar-refractivity contribution in [2.24, 2.45) is 10.9 Å². The van der Waals surface area contributed by atoms with Gasteiger partial charge in [0, 0.05) is 0 Å². The Kier molecular flexibility index (Phi) is 3.76. The lowest BCUT2D eigenvalue weighted by Crippen LogP contribution is -2.04. The van der Waals surface area contributed by atoms with Gasteiger partial charge >= 0.3 is 0 Å². The quantitative estimate of drug-likeness (QED) is 0.425. The first kappa shape index (κ1) is 9.22. The second-order valence-electron chi connectivity index (χ2n) is 2.42. The summed E-state index contributed by atoms with van der Waals surface area (Å²) in [5.41, 5.74) is 6.08. The standard InChI is InChI=1S/C8H12N2OS/c9-5-1-3-7(10-11)8-4-2-6-12-8/h2,4,6,11H,1,3,5,9H2/b10-7+. The van der Waals surface area contributed by atoms with E-state index in [0.717, 1.165) is 23.4 Å². The summed E-state index contributed by atoms with van der Waals surface area (Å²) in [6.45, 7) is 0.629. The lowest BCUT2D eigenvalue weighted by Gasteiger charge is -1.98. The first-order valence-electron chi connectivity index (χ1n) is 3.83. The molecule has 0 bridgehead atoms. The molecular weight excluding hydrogens is 172 g/mol. The zero-order chi connectivity index (χ0) is 8.81. The number of nitrogens with two attached hydrogens (primary N) is 1. The van der Waals surface area contributed by atoms with Gasteiger partial charge in [-0.05, 0) is 30.8 Å². The third-order valence-corrected chi connectivity index (χ3v) is 2.46. The predicted molar refractivity (Wildman–Crippen MR) is 50.9 cm³/mol. The number of oxime groups is 1. The minimum Gasteiger partial charge on any atom is -0.411 e. The first-order valence-corrected chi connectivity index (χ1v) is 4.71. The molecule has 0 saturated heterocycles. The van der Waals surface area contributed by atoms with E-state index in [4.69, 9.17) is 10.9 Å². The van der Waals surface area contributed by atoms with Crippen molar-refractivity contribution in [3.8, 4) is 0 Å². The highest BCUT2D eigenvalue weighted by molar-refractivity contribution is 7.12. The minimum absolute atomic E-state index is 0.629. The van der Waals surface area contributed by atoms with Gasteiger partial charge in [0.25, 0.3) is 0 Å². The summed E-state index contributed by atoms with van der Waals surface area (Å²) in [4.78, 5) is 1.02. The van der Waals surface area contributed by atoms with E-state index in [0.29, 0.717) is 6.54 Å². The van der Waals surface area contributed by atoms with Crippen molar-refractivity contribution in [1.82, 2.24) is 0 Å². The Hall–Kier alpha value is -0.870. The van der Waals surface area contributed by atoms with Crippen molar-refractivity contribution in [2.75, 3.05) is 6.54 Å². The molecule has 0 aliphatic rings. The number of hydrogen-bond donors (Lipinski definition) is 2. The van der Waals surface area contributed by atoms with Crippen LogP contribution in [-0.4, -0.2) is 17.5 Å². The Balaban J connectivity index is 2.59. The van der Waals surface area contributed by atoms with Gasteiger partial charge in [-0.15, -0.1) is 11.3 Å². The second-order valence-corrected chi connectivity index (χ2v) is 3.36. The second kappa shape index (κ2) is 4.90. The van der Waals surface area contributed by atoms with Crippen LogP contribution in [0, 0.1) is 0 Å². The zero-order valence-corrected chi connectivity index (χ0v) is 7.55. The molecule has 0 spiro atoms. The van der Waals surface area contributed by atoms with Crippen LogP contribution >= 0.6 is 11.3 Å². The van der Waals surface area contributed by atoms with Gasteiger partial charge in [0.1, 0.15) is 0 Å². The molecule has 3 N–H and O–H groups in total. The average molecular weight is 184 g/mol. The highest BCUT2D eigenvalue weighted by atomic mass is 32.1. The van der Waals surface area contributed by atoms with Crippen LogP contribution in [0.4, 0.5) is 0 Å². The van der Waals surface area contributed by atoms with Crippen LogP contribution in [0.5, 0.6) is 0 Å². The molecule has 1 heterocycles. The topological polar surface area (TPSA) is 58.6 Å². The lowest BCUT2D eigenvalue weighted by atomic mass is 10.2. The fourth-order valence-corrected chi connectivity index (χ4v) is 1.67. The van der Waals surface area contributed by atoms with E-state index in [1.165, 1.54) is 0 Å². The fourth-order valence-electron chi connectivity index (χ4n) is 0.935. The van der Waals surface area contributed by atoms with Crippen LogP contribution in [0.3, 0.4) is 0 Å². The van der Waals surface area contributed by atoms with Gasteiger partial charge < -0.3 is 10.9 Å². The van der Waals surface area contributed by atoms with Crippen molar-refractivity contribution in [1.29, 1.82) is 0 Å². The van der Waals surface area contributed by atoms with Crippen molar-refractivity contribution in [3.05, 3.63) is 22.4 Å². The predicted octanol–water partition coefficient (Wildman–Crippen LogP) is 1.67. The molecule has 0 fully saturated rings. The maximum absolute atomic E-state index is 8.68. The van der Waals surface area contributed by atoms with Gasteiger partial charge in [-0.25, -0.2) is 0 Å². The smallest absolute Gasteiger partial charge is 0.0967 e. The largest absolute Gasteiger partial charge is 0.411 e. The number of hydrogen-bond acceptors (Lipinski definition) is 4. The Labute approximate surface area is 75.5 Å². The Morgan fingerprint density at radius 2 is 2.50 bits per heavy atom. The van der Waals surface area contributed by atoms with E-state index in [-0.39, 0.29) is 0 Å². The highest BCUT2D eigenvalue weighted by Crippen LogP contribution is 2.12. The van der Waals surface area contributed by atoms with E-state index in [9.17, 15) is 0 Å². The maximum Gasteiger partial charge on any atom is 0.0967 e. The van der Waals surface area contributed by atoms with Crippen molar-refractivity contribution >= 4 is 17.0 Å². The minimum atomic E-state index is 0.629. The third-order valence-electron chi connectivity index (χ3n) is 1.54. The third kappa shape index (κ3) is 2.32.